The van der Waals surface area contributed by atoms with E-state index in [0.29, 0.717) is 23.4 Å². The van der Waals surface area contributed by atoms with E-state index in [1.165, 1.54) is 0 Å². The van der Waals surface area contributed by atoms with Crippen LogP contribution in [0.4, 0.5) is 0 Å². The molecule has 6 heteroatoms. The van der Waals surface area contributed by atoms with E-state index >= 15 is 0 Å². The predicted octanol–water partition coefficient (Wildman–Crippen LogP) is 3.68. The molecule has 0 aliphatic carbocycles. The minimum atomic E-state index is -0.160. The van der Waals surface area contributed by atoms with Crippen LogP contribution in [0.3, 0.4) is 0 Å². The van der Waals surface area contributed by atoms with Crippen LogP contribution in [-0.2, 0) is 13.1 Å². The number of rotatable bonds is 6. The Bertz CT molecular complexity index is 851. The Morgan fingerprint density at radius 1 is 1.08 bits per heavy atom. The lowest BCUT2D eigenvalue weighted by atomic mass is 9.98. The third-order valence-electron chi connectivity index (χ3n) is 4.34. The van der Waals surface area contributed by atoms with Gasteiger partial charge in [0.15, 0.2) is 5.75 Å². The second kappa shape index (κ2) is 6.93. The first-order chi connectivity index (χ1) is 12.0. The van der Waals surface area contributed by atoms with Crippen molar-refractivity contribution in [2.45, 2.75) is 39.3 Å². The summed E-state index contributed by atoms with van der Waals surface area (Å²) >= 11 is 0. The molecule has 2 aromatic heterocycles. The van der Waals surface area contributed by atoms with Crippen LogP contribution in [0.1, 0.15) is 31.7 Å². The van der Waals surface area contributed by atoms with Crippen LogP contribution in [0.25, 0.3) is 11.3 Å². The molecule has 0 spiro atoms. The van der Waals surface area contributed by atoms with Gasteiger partial charge in [0.2, 0.25) is 5.88 Å². The van der Waals surface area contributed by atoms with Crippen LogP contribution in [0.2, 0.25) is 0 Å². The zero-order valence-electron chi connectivity index (χ0n) is 14.4. The van der Waals surface area contributed by atoms with Gasteiger partial charge in [-0.15, -0.1) is 0 Å². The fraction of sp³-hybridized carbons (Fsp3) is 0.316. The lowest BCUT2D eigenvalue weighted by molar-refractivity contribution is 0.366. The van der Waals surface area contributed by atoms with Crippen LogP contribution in [-0.4, -0.2) is 29.4 Å². The molecule has 6 nitrogen and oxygen atoms in total. The largest absolute Gasteiger partial charge is 0.507 e. The third kappa shape index (κ3) is 3.20. The first kappa shape index (κ1) is 17.0. The average Bonchev–Trinajstić information content (AvgIpc) is 3.17. The monoisotopic (exact) mass is 341 g/mol. The van der Waals surface area contributed by atoms with Gasteiger partial charge >= 0.3 is 0 Å². The summed E-state index contributed by atoms with van der Waals surface area (Å²) < 4.78 is 3.64. The number of phenolic OH excluding ortho intramolecular Hbond substituents is 1. The summed E-state index contributed by atoms with van der Waals surface area (Å²) in [4.78, 5) is 4.02. The molecule has 0 saturated heterocycles. The maximum absolute atomic E-state index is 10.5. The topological polar surface area (TPSA) is 83.4 Å². The van der Waals surface area contributed by atoms with Crippen molar-refractivity contribution < 1.29 is 15.3 Å². The predicted molar refractivity (Wildman–Crippen MR) is 95.8 cm³/mol. The fourth-order valence-corrected chi connectivity index (χ4v) is 3.17. The van der Waals surface area contributed by atoms with Gasteiger partial charge in [0.25, 0.3) is 0 Å². The van der Waals surface area contributed by atoms with Gasteiger partial charge in [0, 0.05) is 36.6 Å². The highest BCUT2D eigenvalue weighted by Gasteiger charge is 2.26. The highest BCUT2D eigenvalue weighted by Crippen LogP contribution is 2.46. The first-order valence-electron chi connectivity index (χ1n) is 8.39. The molecule has 1 aromatic carbocycles. The number of benzene rings is 1. The smallest absolute Gasteiger partial charge is 0.235 e. The van der Waals surface area contributed by atoms with E-state index < -0.39 is 0 Å². The molecular formula is C19H23N3O3. The van der Waals surface area contributed by atoms with Crippen LogP contribution in [0.5, 0.6) is 17.4 Å². The van der Waals surface area contributed by atoms with Crippen molar-refractivity contribution in [2.75, 3.05) is 0 Å². The SMILES string of the molecule is CC(C)c1c(O)c(O)n(CCCn2ccnc2)c1-c1ccccc1O. The minimum Gasteiger partial charge on any atom is -0.507 e. The van der Waals surface area contributed by atoms with Crippen LogP contribution in [0.15, 0.2) is 43.0 Å². The summed E-state index contributed by atoms with van der Waals surface area (Å²) in [6, 6.07) is 6.98. The van der Waals surface area contributed by atoms with Gasteiger partial charge in [-0.25, -0.2) is 4.98 Å². The van der Waals surface area contributed by atoms with E-state index in [0.717, 1.165) is 13.0 Å². The maximum Gasteiger partial charge on any atom is 0.235 e. The number of imidazole rings is 1. The number of aromatic nitrogens is 3. The molecule has 3 rings (SSSR count). The highest BCUT2D eigenvalue weighted by molar-refractivity contribution is 5.75. The molecule has 0 aliphatic heterocycles. The molecule has 0 bridgehead atoms. The van der Waals surface area contributed by atoms with Crippen molar-refractivity contribution in [1.29, 1.82) is 0 Å². The summed E-state index contributed by atoms with van der Waals surface area (Å²) in [6.07, 6.45) is 6.10. The van der Waals surface area contributed by atoms with Crippen molar-refractivity contribution in [3.63, 3.8) is 0 Å². The fourth-order valence-electron chi connectivity index (χ4n) is 3.17. The molecule has 132 valence electrons. The van der Waals surface area contributed by atoms with Crippen molar-refractivity contribution in [3.05, 3.63) is 48.5 Å². The maximum atomic E-state index is 10.5. The zero-order valence-corrected chi connectivity index (χ0v) is 14.4. The lowest BCUT2D eigenvalue weighted by Crippen LogP contribution is -2.05. The Balaban J connectivity index is 2.01. The Hall–Kier alpha value is -2.89. The molecule has 0 saturated carbocycles. The second-order valence-corrected chi connectivity index (χ2v) is 6.41. The van der Waals surface area contributed by atoms with Gasteiger partial charge in [0.05, 0.1) is 12.0 Å². The summed E-state index contributed by atoms with van der Waals surface area (Å²) in [7, 11) is 0. The van der Waals surface area contributed by atoms with Gasteiger partial charge in [-0.3, -0.25) is 0 Å². The summed E-state index contributed by atoms with van der Waals surface area (Å²) in [5.41, 5.74) is 1.90. The highest BCUT2D eigenvalue weighted by atomic mass is 16.3. The zero-order chi connectivity index (χ0) is 18.0. The van der Waals surface area contributed by atoms with E-state index in [2.05, 4.69) is 4.98 Å². The molecule has 0 unspecified atom stereocenters. The summed E-state index contributed by atoms with van der Waals surface area (Å²) in [6.45, 7) is 5.16. The molecule has 0 fully saturated rings. The van der Waals surface area contributed by atoms with Crippen LogP contribution >= 0.6 is 0 Å². The Morgan fingerprint density at radius 3 is 2.48 bits per heavy atom. The molecule has 3 N–H and O–H groups in total. The van der Waals surface area contributed by atoms with E-state index in [9.17, 15) is 15.3 Å². The number of hydrogen-bond donors (Lipinski definition) is 3. The molecule has 0 radical (unpaired) electrons. The Labute approximate surface area is 146 Å². The van der Waals surface area contributed by atoms with Gasteiger partial charge in [0.1, 0.15) is 5.75 Å². The van der Waals surface area contributed by atoms with Crippen molar-refractivity contribution >= 4 is 0 Å². The normalized spacial score (nSPS) is 11.3. The number of aromatic hydroxyl groups is 3. The number of phenols is 1. The van der Waals surface area contributed by atoms with E-state index in [1.807, 2.05) is 30.7 Å². The van der Waals surface area contributed by atoms with Crippen LogP contribution < -0.4 is 0 Å². The third-order valence-corrected chi connectivity index (χ3v) is 4.34. The van der Waals surface area contributed by atoms with Gasteiger partial charge in [-0.2, -0.15) is 0 Å². The molecule has 3 aromatic rings. The van der Waals surface area contributed by atoms with Gasteiger partial charge in [-0.05, 0) is 24.5 Å². The van der Waals surface area contributed by atoms with Crippen molar-refractivity contribution in [3.8, 4) is 28.6 Å². The first-order valence-corrected chi connectivity index (χ1v) is 8.39. The number of hydrogen-bond acceptors (Lipinski definition) is 4. The number of nitrogens with zero attached hydrogens (tertiary/aromatic N) is 3. The molecule has 2 heterocycles. The summed E-state index contributed by atoms with van der Waals surface area (Å²) in [5, 5.41) is 31.2. The molecule has 25 heavy (non-hydrogen) atoms. The van der Waals surface area contributed by atoms with Crippen LogP contribution in [0, 0.1) is 0 Å². The Morgan fingerprint density at radius 2 is 1.84 bits per heavy atom. The second-order valence-electron chi connectivity index (χ2n) is 6.41. The number of para-hydroxylation sites is 1. The van der Waals surface area contributed by atoms with E-state index in [-0.39, 0.29) is 23.3 Å². The van der Waals surface area contributed by atoms with E-state index in [1.54, 1.807) is 35.3 Å². The van der Waals surface area contributed by atoms with Gasteiger partial charge in [-0.1, -0.05) is 26.0 Å². The quantitative estimate of drug-likeness (QED) is 0.638. The molecule has 0 amide bonds. The van der Waals surface area contributed by atoms with E-state index in [4.69, 9.17) is 0 Å². The molecule has 0 aliphatic rings. The van der Waals surface area contributed by atoms with Crippen molar-refractivity contribution in [2.24, 2.45) is 0 Å². The number of aryl methyl sites for hydroxylation is 1. The summed E-state index contributed by atoms with van der Waals surface area (Å²) in [5.74, 6) is -0.156. The van der Waals surface area contributed by atoms with Crippen molar-refractivity contribution in [1.82, 2.24) is 14.1 Å². The molecular weight excluding hydrogens is 318 g/mol. The lowest BCUT2D eigenvalue weighted by Gasteiger charge is -2.14. The average molecular weight is 341 g/mol. The Kier molecular flexibility index (Phi) is 4.70. The van der Waals surface area contributed by atoms with Gasteiger partial charge < -0.3 is 24.5 Å². The standard InChI is InChI=1S/C19H23N3O3/c1-13(2)16-17(14-6-3-4-7-15(14)23)22(19(25)18(16)24)10-5-9-21-11-8-20-12-21/h3-4,6-8,11-13,23-25H,5,9-10H2,1-2H3. The minimum absolute atomic E-state index is 0.00425. The molecule has 0 atom stereocenters.